The molecule has 154 valence electrons. The Labute approximate surface area is 179 Å². The van der Waals surface area contributed by atoms with Gasteiger partial charge in [-0.15, -0.1) is 0 Å². The van der Waals surface area contributed by atoms with Crippen LogP contribution in [0.2, 0.25) is 0 Å². The van der Waals surface area contributed by atoms with E-state index < -0.39 is 0 Å². The molecule has 1 N–H and O–H groups in total. The Morgan fingerprint density at radius 2 is 1.74 bits per heavy atom. The minimum atomic E-state index is -0.252. The van der Waals surface area contributed by atoms with Crippen LogP contribution in [0, 0.1) is 0 Å². The molecule has 3 aromatic carbocycles. The zero-order valence-electron chi connectivity index (χ0n) is 17.2. The molecule has 0 atom stereocenters. The molecule has 1 amide bonds. The third-order valence-electron chi connectivity index (χ3n) is 4.94. The van der Waals surface area contributed by atoms with Gasteiger partial charge in [-0.1, -0.05) is 18.2 Å². The molecule has 0 aliphatic heterocycles. The van der Waals surface area contributed by atoms with E-state index in [1.165, 1.54) is 6.08 Å². The van der Waals surface area contributed by atoms with E-state index in [0.717, 1.165) is 22.1 Å². The van der Waals surface area contributed by atoms with Gasteiger partial charge in [-0.2, -0.15) is 0 Å². The molecule has 1 aromatic heterocycles. The average molecular weight is 411 g/mol. The molecular formula is C25H21N3O3. The highest BCUT2D eigenvalue weighted by Gasteiger charge is 2.13. The number of fused-ring (bicyclic) bond motifs is 1. The van der Waals surface area contributed by atoms with Crippen molar-refractivity contribution in [3.05, 3.63) is 96.1 Å². The molecule has 0 aliphatic carbocycles. The van der Waals surface area contributed by atoms with Crippen molar-refractivity contribution in [2.24, 2.45) is 7.05 Å². The van der Waals surface area contributed by atoms with Crippen LogP contribution in [0.25, 0.3) is 16.8 Å². The Morgan fingerprint density at radius 3 is 2.45 bits per heavy atom. The summed E-state index contributed by atoms with van der Waals surface area (Å²) in [4.78, 5) is 28.8. The van der Waals surface area contributed by atoms with Crippen molar-refractivity contribution in [3.8, 4) is 5.75 Å². The number of methoxy groups -OCH3 is 1. The molecule has 4 rings (SSSR count). The summed E-state index contributed by atoms with van der Waals surface area (Å²) in [5, 5.41) is 4.94. The number of hydrogen-bond acceptors (Lipinski definition) is 4. The molecule has 0 spiro atoms. The van der Waals surface area contributed by atoms with Crippen LogP contribution < -0.4 is 10.1 Å². The van der Waals surface area contributed by atoms with Crippen LogP contribution in [0.5, 0.6) is 5.75 Å². The van der Waals surface area contributed by atoms with E-state index in [-0.39, 0.29) is 11.7 Å². The normalized spacial score (nSPS) is 11.0. The lowest BCUT2D eigenvalue weighted by Gasteiger charge is -2.05. The summed E-state index contributed by atoms with van der Waals surface area (Å²) in [5.41, 5.74) is 2.04. The van der Waals surface area contributed by atoms with Gasteiger partial charge in [0.15, 0.2) is 5.82 Å². The Morgan fingerprint density at radius 1 is 1.00 bits per heavy atom. The number of ether oxygens (including phenoxy) is 1. The van der Waals surface area contributed by atoms with E-state index in [4.69, 9.17) is 4.74 Å². The van der Waals surface area contributed by atoms with Gasteiger partial charge in [-0.05, 0) is 64.9 Å². The third-order valence-corrected chi connectivity index (χ3v) is 4.94. The smallest absolute Gasteiger partial charge is 0.248 e. The van der Waals surface area contributed by atoms with Crippen molar-refractivity contribution in [1.82, 2.24) is 9.55 Å². The van der Waals surface area contributed by atoms with Gasteiger partial charge in [0.1, 0.15) is 5.75 Å². The van der Waals surface area contributed by atoms with Crippen molar-refractivity contribution < 1.29 is 14.3 Å². The predicted octanol–water partition coefficient (Wildman–Crippen LogP) is 4.46. The molecule has 31 heavy (non-hydrogen) atoms. The number of anilines is 1. The fraction of sp³-hybridized carbons (Fsp3) is 0.0800. The summed E-state index contributed by atoms with van der Waals surface area (Å²) in [7, 11) is 3.41. The van der Waals surface area contributed by atoms with Gasteiger partial charge in [0, 0.05) is 36.8 Å². The quantitative estimate of drug-likeness (QED) is 0.375. The maximum atomic E-state index is 12.5. The van der Waals surface area contributed by atoms with Gasteiger partial charge >= 0.3 is 0 Å². The van der Waals surface area contributed by atoms with Crippen LogP contribution >= 0.6 is 0 Å². The number of amides is 1. The van der Waals surface area contributed by atoms with Crippen LogP contribution in [0.15, 0.2) is 79.1 Å². The summed E-state index contributed by atoms with van der Waals surface area (Å²) in [6.45, 7) is 0. The molecule has 6 nitrogen and oxygen atoms in total. The first-order valence-electron chi connectivity index (χ1n) is 9.72. The number of ketones is 1. The number of carbonyl (C=O) groups is 2. The summed E-state index contributed by atoms with van der Waals surface area (Å²) in [6.07, 6.45) is 6.55. The van der Waals surface area contributed by atoms with E-state index in [9.17, 15) is 9.59 Å². The van der Waals surface area contributed by atoms with Gasteiger partial charge < -0.3 is 14.6 Å². The number of imidazole rings is 1. The van der Waals surface area contributed by atoms with Crippen molar-refractivity contribution >= 4 is 34.2 Å². The molecule has 6 heteroatoms. The number of benzene rings is 3. The third kappa shape index (κ3) is 4.53. The number of carbonyl (C=O) groups excluding carboxylic acids is 2. The molecular weight excluding hydrogens is 390 g/mol. The fourth-order valence-corrected chi connectivity index (χ4v) is 3.25. The van der Waals surface area contributed by atoms with Crippen molar-refractivity contribution in [3.63, 3.8) is 0 Å². The van der Waals surface area contributed by atoms with Crippen LogP contribution in [0.1, 0.15) is 21.7 Å². The highest BCUT2D eigenvalue weighted by Crippen LogP contribution is 2.22. The van der Waals surface area contributed by atoms with Gasteiger partial charge in [0.25, 0.3) is 0 Å². The Balaban J connectivity index is 1.41. The Bertz CT molecular complexity index is 1290. The highest BCUT2D eigenvalue weighted by molar-refractivity contribution is 6.07. The first-order chi connectivity index (χ1) is 15.0. The molecule has 1 heterocycles. The minimum absolute atomic E-state index is 0.167. The molecule has 0 radical (unpaired) electrons. The van der Waals surface area contributed by atoms with E-state index in [2.05, 4.69) is 10.3 Å². The number of nitrogens with zero attached hydrogens (tertiary/aromatic N) is 2. The lowest BCUT2D eigenvalue weighted by Crippen LogP contribution is -2.10. The van der Waals surface area contributed by atoms with Crippen LogP contribution in [0.4, 0.5) is 5.69 Å². The Hall–Kier alpha value is -4.19. The second-order valence-electron chi connectivity index (χ2n) is 7.06. The zero-order valence-corrected chi connectivity index (χ0v) is 17.2. The molecule has 0 unspecified atom stereocenters. The number of nitrogens with one attached hydrogen (secondary N) is 1. The topological polar surface area (TPSA) is 73.2 Å². The van der Waals surface area contributed by atoms with E-state index in [0.29, 0.717) is 17.1 Å². The second-order valence-corrected chi connectivity index (χ2v) is 7.06. The maximum absolute atomic E-state index is 12.5. The van der Waals surface area contributed by atoms with Gasteiger partial charge in [0.2, 0.25) is 11.7 Å². The van der Waals surface area contributed by atoms with Gasteiger partial charge in [-0.25, -0.2) is 4.98 Å². The summed E-state index contributed by atoms with van der Waals surface area (Å²) < 4.78 is 6.92. The summed E-state index contributed by atoms with van der Waals surface area (Å²) in [5.74, 6) is 0.758. The van der Waals surface area contributed by atoms with Gasteiger partial charge in [0.05, 0.1) is 7.11 Å². The number of aromatic nitrogens is 2. The van der Waals surface area contributed by atoms with Crippen LogP contribution in [-0.4, -0.2) is 28.4 Å². The average Bonchev–Trinajstić information content (AvgIpc) is 3.23. The fourth-order valence-electron chi connectivity index (χ4n) is 3.25. The zero-order chi connectivity index (χ0) is 21.8. The molecule has 0 saturated carbocycles. The summed E-state index contributed by atoms with van der Waals surface area (Å²) >= 11 is 0. The first-order valence-corrected chi connectivity index (χ1v) is 9.72. The molecule has 4 aromatic rings. The molecule has 0 aliphatic rings. The summed E-state index contributed by atoms with van der Waals surface area (Å²) in [6, 6.07) is 18.6. The lowest BCUT2D eigenvalue weighted by atomic mass is 10.1. The standard InChI is InChI=1S/C25H21N3O3/c1-28-14-13-26-25(28)24(30)18-6-9-21(10-7-18)27-23(29)12-4-17-3-5-20-16-22(31-2)11-8-19(20)15-17/h3-16H,1-2H3,(H,27,29)/b12-4+. The predicted molar refractivity (Wildman–Crippen MR) is 121 cm³/mol. The number of rotatable bonds is 6. The largest absolute Gasteiger partial charge is 0.497 e. The van der Waals surface area contributed by atoms with Gasteiger partial charge in [-0.3, -0.25) is 9.59 Å². The van der Waals surface area contributed by atoms with E-state index >= 15 is 0 Å². The lowest BCUT2D eigenvalue weighted by molar-refractivity contribution is -0.111. The first kappa shape index (κ1) is 20.1. The number of hydrogen-bond donors (Lipinski definition) is 1. The van der Waals surface area contributed by atoms with Crippen molar-refractivity contribution in [1.29, 1.82) is 0 Å². The monoisotopic (exact) mass is 411 g/mol. The number of aryl methyl sites for hydroxylation is 1. The molecule has 0 saturated heterocycles. The molecule has 0 fully saturated rings. The Kier molecular flexibility index (Phi) is 5.62. The second kappa shape index (κ2) is 8.67. The maximum Gasteiger partial charge on any atom is 0.248 e. The molecule has 0 bridgehead atoms. The van der Waals surface area contributed by atoms with Crippen LogP contribution in [0.3, 0.4) is 0 Å². The van der Waals surface area contributed by atoms with Crippen molar-refractivity contribution in [2.75, 3.05) is 12.4 Å². The van der Waals surface area contributed by atoms with Crippen molar-refractivity contribution in [2.45, 2.75) is 0 Å². The van der Waals surface area contributed by atoms with E-state index in [1.807, 2.05) is 36.4 Å². The van der Waals surface area contributed by atoms with Crippen LogP contribution in [-0.2, 0) is 11.8 Å². The SMILES string of the molecule is COc1ccc2cc(/C=C/C(=O)Nc3ccc(C(=O)c4nccn4C)cc3)ccc2c1. The minimum Gasteiger partial charge on any atom is -0.497 e. The van der Waals surface area contributed by atoms with E-state index in [1.54, 1.807) is 61.5 Å². The highest BCUT2D eigenvalue weighted by atomic mass is 16.5.